The van der Waals surface area contributed by atoms with Crippen LogP contribution in [0, 0.1) is 0 Å². The summed E-state index contributed by atoms with van der Waals surface area (Å²) in [5.74, 6) is 0. The number of aliphatic hydroxyl groups is 1. The van der Waals surface area contributed by atoms with Gasteiger partial charge in [-0.25, -0.2) is 0 Å². The van der Waals surface area contributed by atoms with Crippen molar-refractivity contribution in [1.29, 1.82) is 0 Å². The third-order valence-electron chi connectivity index (χ3n) is 3.22. The quantitative estimate of drug-likeness (QED) is 0.754. The van der Waals surface area contributed by atoms with E-state index in [-0.39, 0.29) is 6.10 Å². The Hall–Kier alpha value is -0.950. The first-order chi connectivity index (χ1) is 9.13. The molecular formula is C13H24N4O2. The first-order valence-corrected chi connectivity index (χ1v) is 6.77. The zero-order chi connectivity index (χ0) is 13.7. The van der Waals surface area contributed by atoms with Crippen molar-refractivity contribution in [3.05, 3.63) is 18.5 Å². The van der Waals surface area contributed by atoms with Crippen LogP contribution in [0.2, 0.25) is 0 Å². The smallest absolute Gasteiger partial charge is 0.0862 e. The summed E-state index contributed by atoms with van der Waals surface area (Å²) in [5.41, 5.74) is 0. The number of likely N-dealkylation sites (N-methyl/N-ethyl adjacent to an activating group) is 1. The van der Waals surface area contributed by atoms with Gasteiger partial charge in [0.25, 0.3) is 0 Å². The van der Waals surface area contributed by atoms with Gasteiger partial charge >= 0.3 is 0 Å². The third kappa shape index (κ3) is 4.91. The first kappa shape index (κ1) is 14.5. The predicted octanol–water partition coefficient (Wildman–Crippen LogP) is -0.494. The summed E-state index contributed by atoms with van der Waals surface area (Å²) in [7, 11) is 4.10. The molecule has 0 amide bonds. The normalized spacial score (nSPS) is 22.8. The molecule has 108 valence electrons. The molecule has 0 spiro atoms. The third-order valence-corrected chi connectivity index (χ3v) is 3.22. The first-order valence-electron chi connectivity index (χ1n) is 6.77. The highest BCUT2D eigenvalue weighted by atomic mass is 16.5. The minimum Gasteiger partial charge on any atom is -0.390 e. The summed E-state index contributed by atoms with van der Waals surface area (Å²) in [6.07, 6.45) is 3.45. The lowest BCUT2D eigenvalue weighted by Crippen LogP contribution is -2.49. The number of hydrogen-bond donors (Lipinski definition) is 1. The molecule has 0 aromatic carbocycles. The topological polar surface area (TPSA) is 53.8 Å². The van der Waals surface area contributed by atoms with E-state index in [0.29, 0.717) is 13.1 Å². The molecule has 0 bridgehead atoms. The molecule has 0 unspecified atom stereocenters. The van der Waals surface area contributed by atoms with Gasteiger partial charge in [-0.05, 0) is 20.2 Å². The maximum atomic E-state index is 10.1. The Kier molecular flexibility index (Phi) is 5.33. The number of nitrogens with zero attached hydrogens (tertiary/aromatic N) is 4. The summed E-state index contributed by atoms with van der Waals surface area (Å²) in [6.45, 7) is 4.66. The van der Waals surface area contributed by atoms with E-state index in [1.807, 2.05) is 12.3 Å². The molecule has 19 heavy (non-hydrogen) atoms. The lowest BCUT2D eigenvalue weighted by molar-refractivity contribution is -0.0500. The minimum absolute atomic E-state index is 0.237. The molecule has 0 aliphatic carbocycles. The van der Waals surface area contributed by atoms with Crippen LogP contribution < -0.4 is 0 Å². The molecule has 2 atom stereocenters. The molecule has 0 radical (unpaired) electrons. The molecule has 1 aromatic rings. The maximum Gasteiger partial charge on any atom is 0.0862 e. The monoisotopic (exact) mass is 268 g/mol. The van der Waals surface area contributed by atoms with Crippen molar-refractivity contribution < 1.29 is 9.84 Å². The van der Waals surface area contributed by atoms with E-state index in [1.165, 1.54) is 0 Å². The van der Waals surface area contributed by atoms with Crippen LogP contribution in [0.5, 0.6) is 0 Å². The van der Waals surface area contributed by atoms with Gasteiger partial charge < -0.3 is 14.7 Å². The Balaban J connectivity index is 1.75. The van der Waals surface area contributed by atoms with Crippen LogP contribution in [0.4, 0.5) is 0 Å². The van der Waals surface area contributed by atoms with Crippen LogP contribution in [0.3, 0.4) is 0 Å². The summed E-state index contributed by atoms with van der Waals surface area (Å²) in [6, 6.07) is 1.87. The van der Waals surface area contributed by atoms with Crippen molar-refractivity contribution >= 4 is 0 Å². The predicted molar refractivity (Wildman–Crippen MR) is 73.0 cm³/mol. The number of aromatic nitrogens is 2. The standard InChI is InChI=1S/C13H24N4O2/c1-15(2)10-13-11-16(6-7-19-13)8-12(18)9-17-5-3-4-14-17/h3-5,12-13,18H,6-11H2,1-2H3/t12-,13-/m0/s1. The van der Waals surface area contributed by atoms with Crippen molar-refractivity contribution in [1.82, 2.24) is 19.6 Å². The second-order valence-corrected chi connectivity index (χ2v) is 5.40. The van der Waals surface area contributed by atoms with E-state index in [2.05, 4.69) is 29.0 Å². The van der Waals surface area contributed by atoms with Crippen LogP contribution in [0.25, 0.3) is 0 Å². The summed E-state index contributed by atoms with van der Waals surface area (Å²) < 4.78 is 7.49. The Morgan fingerprint density at radius 1 is 1.47 bits per heavy atom. The van der Waals surface area contributed by atoms with Crippen molar-refractivity contribution in [2.75, 3.05) is 46.9 Å². The Morgan fingerprint density at radius 3 is 3.00 bits per heavy atom. The fourth-order valence-corrected chi connectivity index (χ4v) is 2.44. The Bertz CT molecular complexity index is 356. The molecule has 1 N–H and O–H groups in total. The lowest BCUT2D eigenvalue weighted by Gasteiger charge is -2.35. The van der Waals surface area contributed by atoms with Crippen LogP contribution in [0.1, 0.15) is 0 Å². The number of ether oxygens (including phenoxy) is 1. The van der Waals surface area contributed by atoms with E-state index in [0.717, 1.165) is 26.2 Å². The minimum atomic E-state index is -0.391. The van der Waals surface area contributed by atoms with Gasteiger partial charge in [0.2, 0.25) is 0 Å². The van der Waals surface area contributed by atoms with E-state index < -0.39 is 6.10 Å². The summed E-state index contributed by atoms with van der Waals surface area (Å²) in [5, 5.41) is 14.2. The fourth-order valence-electron chi connectivity index (χ4n) is 2.44. The van der Waals surface area contributed by atoms with Gasteiger partial charge in [0.15, 0.2) is 0 Å². The van der Waals surface area contributed by atoms with Crippen molar-refractivity contribution in [2.45, 2.75) is 18.8 Å². The molecule has 2 rings (SSSR count). The van der Waals surface area contributed by atoms with Crippen molar-refractivity contribution in [3.63, 3.8) is 0 Å². The van der Waals surface area contributed by atoms with E-state index in [1.54, 1.807) is 10.9 Å². The molecule has 0 saturated carbocycles. The van der Waals surface area contributed by atoms with Crippen LogP contribution >= 0.6 is 0 Å². The molecule has 6 nitrogen and oxygen atoms in total. The van der Waals surface area contributed by atoms with Crippen molar-refractivity contribution in [2.24, 2.45) is 0 Å². The average molecular weight is 268 g/mol. The highest BCUT2D eigenvalue weighted by Crippen LogP contribution is 2.07. The molecule has 1 aromatic heterocycles. The Morgan fingerprint density at radius 2 is 2.32 bits per heavy atom. The van der Waals surface area contributed by atoms with Gasteiger partial charge in [0, 0.05) is 38.6 Å². The van der Waals surface area contributed by atoms with Gasteiger partial charge in [-0.3, -0.25) is 9.58 Å². The second kappa shape index (κ2) is 7.00. The molecule has 2 heterocycles. The zero-order valence-electron chi connectivity index (χ0n) is 11.8. The van der Waals surface area contributed by atoms with Gasteiger partial charge in [-0.1, -0.05) is 0 Å². The Labute approximate surface area is 114 Å². The van der Waals surface area contributed by atoms with E-state index in [9.17, 15) is 5.11 Å². The zero-order valence-corrected chi connectivity index (χ0v) is 11.8. The molecule has 1 aliphatic heterocycles. The molecule has 1 saturated heterocycles. The molecule has 6 heteroatoms. The van der Waals surface area contributed by atoms with E-state index >= 15 is 0 Å². The number of morpholine rings is 1. The SMILES string of the molecule is CN(C)C[C@H]1CN(C[C@H](O)Cn2cccn2)CCO1. The van der Waals surface area contributed by atoms with E-state index in [4.69, 9.17) is 4.74 Å². The number of rotatable bonds is 6. The lowest BCUT2D eigenvalue weighted by atomic mass is 10.2. The molecule has 1 fully saturated rings. The van der Waals surface area contributed by atoms with Crippen molar-refractivity contribution in [3.8, 4) is 0 Å². The van der Waals surface area contributed by atoms with Crippen LogP contribution in [0.15, 0.2) is 18.5 Å². The van der Waals surface area contributed by atoms with Crippen LogP contribution in [-0.2, 0) is 11.3 Å². The highest BCUT2D eigenvalue weighted by Gasteiger charge is 2.22. The number of hydrogen-bond acceptors (Lipinski definition) is 5. The van der Waals surface area contributed by atoms with Gasteiger partial charge in [-0.15, -0.1) is 0 Å². The van der Waals surface area contributed by atoms with Gasteiger partial charge in [-0.2, -0.15) is 5.10 Å². The average Bonchev–Trinajstić information content (AvgIpc) is 2.81. The highest BCUT2D eigenvalue weighted by molar-refractivity contribution is 4.80. The summed E-state index contributed by atoms with van der Waals surface area (Å²) in [4.78, 5) is 4.40. The molecular weight excluding hydrogens is 244 g/mol. The number of β-amino-alcohol motifs (C(OH)–C–C–N with tert-alkyl or cyclic N) is 1. The van der Waals surface area contributed by atoms with Crippen LogP contribution in [-0.4, -0.2) is 83.8 Å². The second-order valence-electron chi connectivity index (χ2n) is 5.40. The van der Waals surface area contributed by atoms with Gasteiger partial charge in [0.05, 0.1) is 25.4 Å². The summed E-state index contributed by atoms with van der Waals surface area (Å²) >= 11 is 0. The molecule has 1 aliphatic rings. The maximum absolute atomic E-state index is 10.1. The largest absolute Gasteiger partial charge is 0.390 e. The fraction of sp³-hybridized carbons (Fsp3) is 0.769. The van der Waals surface area contributed by atoms with Gasteiger partial charge in [0.1, 0.15) is 0 Å². The number of aliphatic hydroxyl groups excluding tert-OH is 1.